The summed E-state index contributed by atoms with van der Waals surface area (Å²) >= 11 is 0. The summed E-state index contributed by atoms with van der Waals surface area (Å²) in [6.07, 6.45) is 3.75. The highest BCUT2D eigenvalue weighted by Gasteiger charge is 1.83. The van der Waals surface area contributed by atoms with Gasteiger partial charge in [0.05, 0.1) is 0 Å². The van der Waals surface area contributed by atoms with Crippen LogP contribution in [-0.2, 0) is 4.79 Å². The van der Waals surface area contributed by atoms with E-state index in [0.29, 0.717) is 6.54 Å². The molecule has 3 heteroatoms. The van der Waals surface area contributed by atoms with E-state index in [1.165, 1.54) is 32.0 Å². The van der Waals surface area contributed by atoms with Crippen LogP contribution in [0.1, 0.15) is 33.6 Å². The van der Waals surface area contributed by atoms with Crippen LogP contribution < -0.4 is 10.6 Å². The van der Waals surface area contributed by atoms with Crippen LogP contribution in [0.4, 0.5) is 0 Å². The third-order valence-electron chi connectivity index (χ3n) is 1.39. The van der Waals surface area contributed by atoms with Crippen molar-refractivity contribution in [3.8, 4) is 0 Å². The van der Waals surface area contributed by atoms with Crippen LogP contribution in [0.15, 0.2) is 12.7 Å². The highest BCUT2D eigenvalue weighted by molar-refractivity contribution is 5.86. The fourth-order valence-electron chi connectivity index (χ4n) is 0.725. The SMILES string of the molecule is C=CC(=O)NCC.CCCNCCC. The van der Waals surface area contributed by atoms with E-state index >= 15 is 0 Å². The van der Waals surface area contributed by atoms with Crippen molar-refractivity contribution in [2.24, 2.45) is 0 Å². The van der Waals surface area contributed by atoms with Gasteiger partial charge in [0, 0.05) is 6.54 Å². The van der Waals surface area contributed by atoms with Gasteiger partial charge in [-0.05, 0) is 38.9 Å². The molecule has 84 valence electrons. The third-order valence-corrected chi connectivity index (χ3v) is 1.39. The minimum absolute atomic E-state index is 0.109. The number of amides is 1. The number of nitrogens with one attached hydrogen (secondary N) is 2. The second kappa shape index (κ2) is 14.7. The Balaban J connectivity index is 0. The van der Waals surface area contributed by atoms with Gasteiger partial charge in [-0.3, -0.25) is 4.79 Å². The molecule has 0 aliphatic rings. The number of hydrogen-bond acceptors (Lipinski definition) is 2. The van der Waals surface area contributed by atoms with Gasteiger partial charge < -0.3 is 10.6 Å². The summed E-state index contributed by atoms with van der Waals surface area (Å²) in [7, 11) is 0. The first kappa shape index (κ1) is 15.6. The Labute approximate surface area is 88.0 Å². The molecule has 0 radical (unpaired) electrons. The van der Waals surface area contributed by atoms with E-state index in [-0.39, 0.29) is 5.91 Å². The van der Waals surface area contributed by atoms with E-state index in [9.17, 15) is 4.79 Å². The maximum absolute atomic E-state index is 10.2. The molecule has 0 saturated carbocycles. The predicted octanol–water partition coefficient (Wildman–Crippen LogP) is 1.70. The fourth-order valence-corrected chi connectivity index (χ4v) is 0.725. The molecule has 0 heterocycles. The lowest BCUT2D eigenvalue weighted by Gasteiger charge is -1.95. The molecule has 0 aliphatic heterocycles. The highest BCUT2D eigenvalue weighted by Crippen LogP contribution is 1.71. The van der Waals surface area contributed by atoms with E-state index in [1.54, 1.807) is 0 Å². The van der Waals surface area contributed by atoms with Crippen molar-refractivity contribution in [3.63, 3.8) is 0 Å². The van der Waals surface area contributed by atoms with Gasteiger partial charge in [-0.1, -0.05) is 20.4 Å². The minimum Gasteiger partial charge on any atom is -0.353 e. The van der Waals surface area contributed by atoms with E-state index < -0.39 is 0 Å². The number of hydrogen-bond donors (Lipinski definition) is 2. The smallest absolute Gasteiger partial charge is 0.243 e. The third kappa shape index (κ3) is 17.3. The first-order valence-corrected chi connectivity index (χ1v) is 5.33. The molecule has 0 rings (SSSR count). The summed E-state index contributed by atoms with van der Waals surface area (Å²) in [4.78, 5) is 10.2. The van der Waals surface area contributed by atoms with Crippen LogP contribution in [0.25, 0.3) is 0 Å². The average Bonchev–Trinajstić information content (AvgIpc) is 2.20. The molecule has 0 unspecified atom stereocenters. The lowest BCUT2D eigenvalue weighted by molar-refractivity contribution is -0.116. The predicted molar refractivity (Wildman–Crippen MR) is 62.3 cm³/mol. The Bertz CT molecular complexity index is 131. The van der Waals surface area contributed by atoms with Crippen molar-refractivity contribution in [1.82, 2.24) is 10.6 Å². The average molecular weight is 200 g/mol. The monoisotopic (exact) mass is 200 g/mol. The summed E-state index contributed by atoms with van der Waals surface area (Å²) in [5, 5.41) is 5.82. The van der Waals surface area contributed by atoms with Crippen LogP contribution >= 0.6 is 0 Å². The van der Waals surface area contributed by atoms with Crippen LogP contribution in [0, 0.1) is 0 Å². The maximum atomic E-state index is 10.2. The molecule has 0 aliphatic carbocycles. The van der Waals surface area contributed by atoms with Crippen molar-refractivity contribution in [2.45, 2.75) is 33.6 Å². The summed E-state index contributed by atoms with van der Waals surface area (Å²) in [5.74, 6) is -0.109. The normalized spacial score (nSPS) is 8.50. The molecule has 3 nitrogen and oxygen atoms in total. The first-order chi connectivity index (χ1) is 6.72. The lowest BCUT2D eigenvalue weighted by atomic mass is 10.4. The van der Waals surface area contributed by atoms with Gasteiger partial charge in [0.2, 0.25) is 5.91 Å². The number of likely N-dealkylation sites (N-methyl/N-ethyl adjacent to an activating group) is 1. The number of carbonyl (C=O) groups is 1. The Kier molecular flexibility index (Phi) is 16.4. The molecule has 0 aromatic heterocycles. The molecule has 14 heavy (non-hydrogen) atoms. The molecule has 0 saturated heterocycles. The quantitative estimate of drug-likeness (QED) is 0.506. The minimum atomic E-state index is -0.109. The van der Waals surface area contributed by atoms with Crippen molar-refractivity contribution in [1.29, 1.82) is 0 Å². The summed E-state index contributed by atoms with van der Waals surface area (Å²) < 4.78 is 0. The molecule has 0 spiro atoms. The van der Waals surface area contributed by atoms with Gasteiger partial charge in [-0.2, -0.15) is 0 Å². The van der Waals surface area contributed by atoms with E-state index in [2.05, 4.69) is 31.1 Å². The topological polar surface area (TPSA) is 41.1 Å². The largest absolute Gasteiger partial charge is 0.353 e. The fraction of sp³-hybridized carbons (Fsp3) is 0.727. The zero-order valence-electron chi connectivity index (χ0n) is 9.73. The Hall–Kier alpha value is -0.830. The summed E-state index contributed by atoms with van der Waals surface area (Å²) in [6.45, 7) is 12.5. The molecule has 1 amide bonds. The van der Waals surface area contributed by atoms with Crippen LogP contribution in [0.2, 0.25) is 0 Å². The molecular formula is C11H24N2O. The van der Waals surface area contributed by atoms with Crippen molar-refractivity contribution < 1.29 is 4.79 Å². The molecule has 0 fully saturated rings. The zero-order chi connectivity index (χ0) is 11.2. The zero-order valence-corrected chi connectivity index (χ0v) is 9.73. The Morgan fingerprint density at radius 1 is 1.21 bits per heavy atom. The number of carbonyl (C=O) groups excluding carboxylic acids is 1. The lowest BCUT2D eigenvalue weighted by Crippen LogP contribution is -2.19. The molecule has 0 bridgehead atoms. The second-order valence-electron chi connectivity index (χ2n) is 2.85. The van der Waals surface area contributed by atoms with Crippen molar-refractivity contribution in [3.05, 3.63) is 12.7 Å². The van der Waals surface area contributed by atoms with Crippen LogP contribution in [0.3, 0.4) is 0 Å². The number of rotatable bonds is 6. The maximum Gasteiger partial charge on any atom is 0.243 e. The van der Waals surface area contributed by atoms with Crippen molar-refractivity contribution >= 4 is 5.91 Å². The molecular weight excluding hydrogens is 176 g/mol. The molecule has 2 N–H and O–H groups in total. The van der Waals surface area contributed by atoms with Gasteiger partial charge in [0.25, 0.3) is 0 Å². The molecule has 0 aromatic rings. The second-order valence-corrected chi connectivity index (χ2v) is 2.85. The highest BCUT2D eigenvalue weighted by atomic mass is 16.1. The van der Waals surface area contributed by atoms with Gasteiger partial charge >= 0.3 is 0 Å². The molecule has 0 aromatic carbocycles. The van der Waals surface area contributed by atoms with Crippen LogP contribution in [0.5, 0.6) is 0 Å². The van der Waals surface area contributed by atoms with Gasteiger partial charge in [-0.15, -0.1) is 0 Å². The van der Waals surface area contributed by atoms with Crippen LogP contribution in [-0.4, -0.2) is 25.5 Å². The standard InChI is InChI=1S/C6H15N.C5H9NO/c1-3-5-7-6-4-2;1-3-5(7)6-4-2/h7H,3-6H2,1-2H3;3H,1,4H2,2H3,(H,6,7). The summed E-state index contributed by atoms with van der Waals surface area (Å²) in [6, 6.07) is 0. The van der Waals surface area contributed by atoms with Gasteiger partial charge in [0.1, 0.15) is 0 Å². The Morgan fingerprint density at radius 2 is 1.71 bits per heavy atom. The Morgan fingerprint density at radius 3 is 1.93 bits per heavy atom. The van der Waals surface area contributed by atoms with Crippen molar-refractivity contribution in [2.75, 3.05) is 19.6 Å². The molecule has 0 atom stereocenters. The van der Waals surface area contributed by atoms with E-state index in [4.69, 9.17) is 0 Å². The van der Waals surface area contributed by atoms with Gasteiger partial charge in [0.15, 0.2) is 0 Å². The van der Waals surface area contributed by atoms with E-state index in [1.807, 2.05) is 6.92 Å². The summed E-state index contributed by atoms with van der Waals surface area (Å²) in [5.41, 5.74) is 0. The van der Waals surface area contributed by atoms with E-state index in [0.717, 1.165) is 0 Å². The first-order valence-electron chi connectivity index (χ1n) is 5.33. The van der Waals surface area contributed by atoms with Gasteiger partial charge in [-0.25, -0.2) is 0 Å².